The topological polar surface area (TPSA) is 87.7 Å². The molecular formula is C15H28N2O4. The first-order valence-corrected chi connectivity index (χ1v) is 7.83. The van der Waals surface area contributed by atoms with Gasteiger partial charge in [0.2, 0.25) is 0 Å². The fourth-order valence-electron chi connectivity index (χ4n) is 2.55. The lowest BCUT2D eigenvalue weighted by Gasteiger charge is -2.16. The summed E-state index contributed by atoms with van der Waals surface area (Å²) in [4.78, 5) is 22.6. The van der Waals surface area contributed by atoms with Gasteiger partial charge in [0.25, 0.3) is 0 Å². The van der Waals surface area contributed by atoms with Crippen LogP contribution in [-0.4, -0.2) is 43.4 Å². The molecule has 1 aliphatic carbocycles. The van der Waals surface area contributed by atoms with Gasteiger partial charge in [-0.2, -0.15) is 0 Å². The number of ether oxygens (including phenoxy) is 1. The maximum atomic E-state index is 11.6. The fourth-order valence-corrected chi connectivity index (χ4v) is 2.55. The highest BCUT2D eigenvalue weighted by atomic mass is 16.5. The molecule has 6 heteroatoms. The van der Waals surface area contributed by atoms with Gasteiger partial charge in [0, 0.05) is 19.7 Å². The van der Waals surface area contributed by atoms with Crippen LogP contribution < -0.4 is 10.6 Å². The van der Waals surface area contributed by atoms with Gasteiger partial charge in [-0.3, -0.25) is 4.79 Å². The lowest BCUT2D eigenvalue weighted by Crippen LogP contribution is -2.40. The number of aliphatic carboxylic acids is 1. The third-order valence-electron chi connectivity index (χ3n) is 3.87. The van der Waals surface area contributed by atoms with Crippen LogP contribution in [0.5, 0.6) is 0 Å². The standard InChI is InChI=1S/C15H28N2O4/c1-11(2)6-8-21-9-7-16-15(20)17-10-12-4-3-5-13(12)14(18)19/h11-13H,3-10H2,1-2H3,(H,18,19)(H2,16,17,20). The molecule has 2 unspecified atom stereocenters. The number of carboxylic acids is 1. The summed E-state index contributed by atoms with van der Waals surface area (Å²) in [7, 11) is 0. The second kappa shape index (κ2) is 9.60. The van der Waals surface area contributed by atoms with Crippen molar-refractivity contribution in [3.05, 3.63) is 0 Å². The molecule has 0 saturated heterocycles. The summed E-state index contributed by atoms with van der Waals surface area (Å²) in [5.41, 5.74) is 0. The Kier molecular flexibility index (Phi) is 8.12. The molecule has 2 atom stereocenters. The highest BCUT2D eigenvalue weighted by molar-refractivity contribution is 5.74. The van der Waals surface area contributed by atoms with Gasteiger partial charge in [-0.15, -0.1) is 0 Å². The molecule has 1 aliphatic rings. The van der Waals surface area contributed by atoms with Crippen molar-refractivity contribution in [1.29, 1.82) is 0 Å². The smallest absolute Gasteiger partial charge is 0.314 e. The van der Waals surface area contributed by atoms with Crippen LogP contribution in [-0.2, 0) is 9.53 Å². The molecule has 1 fully saturated rings. The van der Waals surface area contributed by atoms with Gasteiger partial charge < -0.3 is 20.5 Å². The fraction of sp³-hybridized carbons (Fsp3) is 0.867. The van der Waals surface area contributed by atoms with Crippen molar-refractivity contribution in [3.8, 4) is 0 Å². The predicted octanol–water partition coefficient (Wildman–Crippen LogP) is 1.85. The third kappa shape index (κ3) is 7.32. The molecule has 1 saturated carbocycles. The quantitative estimate of drug-likeness (QED) is 0.567. The lowest BCUT2D eigenvalue weighted by atomic mass is 9.96. The van der Waals surface area contributed by atoms with Gasteiger partial charge in [-0.05, 0) is 31.1 Å². The number of hydrogen-bond acceptors (Lipinski definition) is 3. The number of amides is 2. The zero-order valence-corrected chi connectivity index (χ0v) is 13.1. The normalized spacial score (nSPS) is 21.5. The van der Waals surface area contributed by atoms with E-state index in [0.29, 0.717) is 38.6 Å². The maximum absolute atomic E-state index is 11.6. The molecule has 3 N–H and O–H groups in total. The first-order chi connectivity index (χ1) is 10.0. The minimum absolute atomic E-state index is 0.0514. The van der Waals surface area contributed by atoms with Gasteiger partial charge in [-0.1, -0.05) is 20.3 Å². The largest absolute Gasteiger partial charge is 0.481 e. The Morgan fingerprint density at radius 3 is 2.67 bits per heavy atom. The first kappa shape index (κ1) is 17.8. The van der Waals surface area contributed by atoms with E-state index in [-0.39, 0.29) is 17.9 Å². The van der Waals surface area contributed by atoms with Gasteiger partial charge in [-0.25, -0.2) is 4.79 Å². The van der Waals surface area contributed by atoms with Crippen LogP contribution >= 0.6 is 0 Å². The molecule has 2 amide bonds. The predicted molar refractivity (Wildman–Crippen MR) is 80.1 cm³/mol. The Labute approximate surface area is 126 Å². The van der Waals surface area contributed by atoms with E-state index in [4.69, 9.17) is 9.84 Å². The number of nitrogens with one attached hydrogen (secondary N) is 2. The highest BCUT2D eigenvalue weighted by Gasteiger charge is 2.32. The van der Waals surface area contributed by atoms with Crippen LogP contribution in [0.25, 0.3) is 0 Å². The molecule has 21 heavy (non-hydrogen) atoms. The Morgan fingerprint density at radius 1 is 1.24 bits per heavy atom. The Morgan fingerprint density at radius 2 is 2.00 bits per heavy atom. The number of urea groups is 1. The molecule has 122 valence electrons. The number of hydrogen-bond donors (Lipinski definition) is 3. The van der Waals surface area contributed by atoms with Crippen molar-refractivity contribution in [2.45, 2.75) is 39.5 Å². The van der Waals surface area contributed by atoms with E-state index in [1.807, 2.05) is 0 Å². The SMILES string of the molecule is CC(C)CCOCCNC(=O)NCC1CCCC1C(=O)O. The van der Waals surface area contributed by atoms with Crippen molar-refractivity contribution < 1.29 is 19.4 Å². The molecule has 0 bridgehead atoms. The van der Waals surface area contributed by atoms with Crippen molar-refractivity contribution in [2.24, 2.45) is 17.8 Å². The molecule has 0 aromatic heterocycles. The van der Waals surface area contributed by atoms with Crippen LogP contribution in [0, 0.1) is 17.8 Å². The molecule has 6 nitrogen and oxygen atoms in total. The second-order valence-corrected chi connectivity index (χ2v) is 6.07. The van der Waals surface area contributed by atoms with E-state index < -0.39 is 5.97 Å². The summed E-state index contributed by atoms with van der Waals surface area (Å²) in [6.45, 7) is 6.39. The summed E-state index contributed by atoms with van der Waals surface area (Å²) in [5.74, 6) is -0.395. The minimum atomic E-state index is -0.752. The number of rotatable bonds is 9. The van der Waals surface area contributed by atoms with E-state index in [0.717, 1.165) is 19.3 Å². The molecular weight excluding hydrogens is 272 g/mol. The molecule has 0 aromatic rings. The van der Waals surface area contributed by atoms with Crippen LogP contribution in [0.1, 0.15) is 39.5 Å². The number of carboxylic acid groups (broad SMARTS) is 1. The van der Waals surface area contributed by atoms with Crippen molar-refractivity contribution in [2.75, 3.05) is 26.3 Å². The summed E-state index contributed by atoms with van der Waals surface area (Å²) in [5, 5.41) is 14.5. The molecule has 0 aromatic carbocycles. The van der Waals surface area contributed by atoms with E-state index in [2.05, 4.69) is 24.5 Å². The molecule has 0 heterocycles. The van der Waals surface area contributed by atoms with E-state index >= 15 is 0 Å². The van der Waals surface area contributed by atoms with Crippen LogP contribution in [0.4, 0.5) is 4.79 Å². The average Bonchev–Trinajstić information content (AvgIpc) is 2.88. The van der Waals surface area contributed by atoms with E-state index in [1.54, 1.807) is 0 Å². The zero-order chi connectivity index (χ0) is 15.7. The molecule has 1 rings (SSSR count). The van der Waals surface area contributed by atoms with E-state index in [1.165, 1.54) is 0 Å². The van der Waals surface area contributed by atoms with Crippen LogP contribution in [0.15, 0.2) is 0 Å². The number of carbonyl (C=O) groups is 2. The summed E-state index contributed by atoms with van der Waals surface area (Å²) in [6.07, 6.45) is 3.53. The first-order valence-electron chi connectivity index (χ1n) is 7.83. The maximum Gasteiger partial charge on any atom is 0.314 e. The number of carbonyl (C=O) groups excluding carboxylic acids is 1. The van der Waals surface area contributed by atoms with Gasteiger partial charge >= 0.3 is 12.0 Å². The van der Waals surface area contributed by atoms with Gasteiger partial charge in [0.05, 0.1) is 12.5 Å². The molecule has 0 aliphatic heterocycles. The second-order valence-electron chi connectivity index (χ2n) is 6.07. The van der Waals surface area contributed by atoms with Crippen LogP contribution in [0.3, 0.4) is 0 Å². The summed E-state index contributed by atoms with van der Waals surface area (Å²) >= 11 is 0. The Hall–Kier alpha value is -1.30. The van der Waals surface area contributed by atoms with E-state index in [9.17, 15) is 9.59 Å². The summed E-state index contributed by atoms with van der Waals surface area (Å²) < 4.78 is 5.40. The third-order valence-corrected chi connectivity index (χ3v) is 3.87. The van der Waals surface area contributed by atoms with Crippen LogP contribution in [0.2, 0.25) is 0 Å². The monoisotopic (exact) mass is 300 g/mol. The van der Waals surface area contributed by atoms with Crippen molar-refractivity contribution in [3.63, 3.8) is 0 Å². The Bertz CT molecular complexity index is 334. The van der Waals surface area contributed by atoms with Crippen molar-refractivity contribution in [1.82, 2.24) is 10.6 Å². The molecule has 0 radical (unpaired) electrons. The Balaban J connectivity index is 2.05. The zero-order valence-electron chi connectivity index (χ0n) is 13.1. The lowest BCUT2D eigenvalue weighted by molar-refractivity contribution is -0.142. The molecule has 0 spiro atoms. The average molecular weight is 300 g/mol. The van der Waals surface area contributed by atoms with Crippen molar-refractivity contribution >= 4 is 12.0 Å². The highest BCUT2D eigenvalue weighted by Crippen LogP contribution is 2.31. The minimum Gasteiger partial charge on any atom is -0.481 e. The summed E-state index contributed by atoms with van der Waals surface area (Å²) in [6, 6.07) is -0.251. The van der Waals surface area contributed by atoms with Gasteiger partial charge in [0.15, 0.2) is 0 Å². The van der Waals surface area contributed by atoms with Gasteiger partial charge in [0.1, 0.15) is 0 Å².